The van der Waals surface area contributed by atoms with Gasteiger partial charge in [-0.25, -0.2) is 0 Å². The van der Waals surface area contributed by atoms with Gasteiger partial charge in [0, 0.05) is 20.3 Å². The maximum Gasteiger partial charge on any atom is 0.231 e. The highest BCUT2D eigenvalue weighted by Crippen LogP contribution is 2.41. The lowest BCUT2D eigenvalue weighted by Crippen LogP contribution is -2.14. The van der Waals surface area contributed by atoms with Crippen molar-refractivity contribution in [1.82, 2.24) is 5.32 Å². The van der Waals surface area contributed by atoms with Crippen molar-refractivity contribution in [3.8, 4) is 17.2 Å². The number of benzene rings is 1. The zero-order valence-electron chi connectivity index (χ0n) is 12.2. The average molecular weight is 281 g/mol. The summed E-state index contributed by atoms with van der Waals surface area (Å²) in [5, 5.41) is 3.43. The zero-order chi connectivity index (χ0) is 14.2. The topological polar surface area (TPSA) is 49.0 Å². The fraction of sp³-hybridized carbons (Fsp3) is 0.600. The van der Waals surface area contributed by atoms with Gasteiger partial charge in [0.1, 0.15) is 0 Å². The van der Waals surface area contributed by atoms with Gasteiger partial charge < -0.3 is 24.3 Å². The molecule has 5 nitrogen and oxygen atoms in total. The zero-order valence-corrected chi connectivity index (χ0v) is 12.2. The molecule has 0 fully saturated rings. The van der Waals surface area contributed by atoms with Crippen LogP contribution in [0, 0.1) is 0 Å². The number of rotatable bonds is 9. The fourth-order valence-electron chi connectivity index (χ4n) is 2.19. The van der Waals surface area contributed by atoms with Crippen LogP contribution in [0.3, 0.4) is 0 Å². The Bertz CT molecular complexity index is 423. The first-order chi connectivity index (χ1) is 9.85. The highest BCUT2D eigenvalue weighted by molar-refractivity contribution is 5.55. The third-order valence-electron chi connectivity index (χ3n) is 3.25. The Hall–Kier alpha value is -1.46. The Morgan fingerprint density at radius 2 is 2.05 bits per heavy atom. The van der Waals surface area contributed by atoms with Gasteiger partial charge in [0.15, 0.2) is 11.5 Å². The summed E-state index contributed by atoms with van der Waals surface area (Å²) in [4.78, 5) is 0. The summed E-state index contributed by atoms with van der Waals surface area (Å²) in [6.07, 6.45) is 3.46. The Labute approximate surface area is 120 Å². The summed E-state index contributed by atoms with van der Waals surface area (Å²) in [5.74, 6) is 2.20. The Morgan fingerprint density at radius 1 is 1.15 bits per heavy atom. The Morgan fingerprint density at radius 3 is 2.85 bits per heavy atom. The van der Waals surface area contributed by atoms with E-state index in [-0.39, 0.29) is 6.79 Å². The number of nitrogens with one attached hydrogen (secondary N) is 1. The van der Waals surface area contributed by atoms with Gasteiger partial charge in [-0.2, -0.15) is 0 Å². The fourth-order valence-corrected chi connectivity index (χ4v) is 2.19. The van der Waals surface area contributed by atoms with Crippen LogP contribution in [0.25, 0.3) is 0 Å². The van der Waals surface area contributed by atoms with Crippen LogP contribution in [-0.4, -0.2) is 34.2 Å². The van der Waals surface area contributed by atoms with Crippen LogP contribution in [0.2, 0.25) is 0 Å². The van der Waals surface area contributed by atoms with E-state index in [1.54, 1.807) is 14.2 Å². The van der Waals surface area contributed by atoms with Crippen molar-refractivity contribution in [3.63, 3.8) is 0 Å². The van der Waals surface area contributed by atoms with Crippen LogP contribution >= 0.6 is 0 Å². The van der Waals surface area contributed by atoms with Crippen LogP contribution < -0.4 is 19.5 Å². The van der Waals surface area contributed by atoms with Gasteiger partial charge in [-0.05, 0) is 43.5 Å². The van der Waals surface area contributed by atoms with E-state index >= 15 is 0 Å². The lowest BCUT2D eigenvalue weighted by atomic mass is 10.1. The van der Waals surface area contributed by atoms with E-state index in [0.717, 1.165) is 49.6 Å². The lowest BCUT2D eigenvalue weighted by molar-refractivity contribution is 0.171. The number of unbranched alkanes of at least 4 members (excludes halogenated alkanes) is 2. The third kappa shape index (κ3) is 4.02. The van der Waals surface area contributed by atoms with Crippen molar-refractivity contribution in [2.75, 3.05) is 34.2 Å². The number of hydrogen-bond acceptors (Lipinski definition) is 5. The molecule has 1 aliphatic rings. The Balaban J connectivity index is 1.76. The molecule has 1 aliphatic heterocycles. The monoisotopic (exact) mass is 281 g/mol. The molecule has 0 atom stereocenters. The number of methoxy groups -OCH3 is 2. The first-order valence-corrected chi connectivity index (χ1v) is 7.01. The van der Waals surface area contributed by atoms with Crippen molar-refractivity contribution >= 4 is 0 Å². The summed E-state index contributed by atoms with van der Waals surface area (Å²) >= 11 is 0. The molecule has 112 valence electrons. The van der Waals surface area contributed by atoms with Gasteiger partial charge in [0.05, 0.1) is 7.11 Å². The quantitative estimate of drug-likeness (QED) is 0.704. The summed E-state index contributed by atoms with van der Waals surface area (Å²) in [6, 6.07) is 3.99. The van der Waals surface area contributed by atoms with E-state index in [1.807, 2.05) is 12.1 Å². The van der Waals surface area contributed by atoms with Crippen LogP contribution in [0.15, 0.2) is 12.1 Å². The van der Waals surface area contributed by atoms with E-state index in [1.165, 1.54) is 6.42 Å². The largest absolute Gasteiger partial charge is 0.493 e. The molecule has 20 heavy (non-hydrogen) atoms. The van der Waals surface area contributed by atoms with Gasteiger partial charge in [-0.15, -0.1) is 0 Å². The van der Waals surface area contributed by atoms with E-state index in [0.29, 0.717) is 5.75 Å². The molecule has 1 heterocycles. The molecule has 0 radical (unpaired) electrons. The van der Waals surface area contributed by atoms with Gasteiger partial charge in [-0.1, -0.05) is 0 Å². The van der Waals surface area contributed by atoms with Gasteiger partial charge >= 0.3 is 0 Å². The SMILES string of the molecule is COCCCCCNCc1cc(OC)c2c(c1)OCO2. The summed E-state index contributed by atoms with van der Waals surface area (Å²) < 4.78 is 21.1. The molecule has 0 amide bonds. The van der Waals surface area contributed by atoms with Crippen molar-refractivity contribution in [3.05, 3.63) is 17.7 Å². The predicted octanol–water partition coefficient (Wildman–Crippen LogP) is 2.33. The molecule has 1 aromatic carbocycles. The standard InChI is InChI=1S/C15H23NO4/c1-17-7-5-3-4-6-16-10-12-8-13(18-2)15-14(9-12)19-11-20-15/h8-9,16H,3-7,10-11H2,1-2H3. The van der Waals surface area contributed by atoms with Crippen LogP contribution in [0.5, 0.6) is 17.2 Å². The van der Waals surface area contributed by atoms with Gasteiger partial charge in [0.2, 0.25) is 12.5 Å². The second-order valence-corrected chi connectivity index (χ2v) is 4.76. The van der Waals surface area contributed by atoms with E-state index in [9.17, 15) is 0 Å². The minimum atomic E-state index is 0.266. The van der Waals surface area contributed by atoms with Crippen LogP contribution in [0.1, 0.15) is 24.8 Å². The molecule has 1 aromatic rings. The van der Waals surface area contributed by atoms with Gasteiger partial charge in [0.25, 0.3) is 0 Å². The molecular formula is C15H23NO4. The molecule has 0 saturated carbocycles. The van der Waals surface area contributed by atoms with Crippen molar-refractivity contribution < 1.29 is 18.9 Å². The highest BCUT2D eigenvalue weighted by Gasteiger charge is 2.19. The Kier molecular flexibility index (Phi) is 5.95. The summed E-state index contributed by atoms with van der Waals surface area (Å²) in [7, 11) is 3.38. The smallest absolute Gasteiger partial charge is 0.231 e. The van der Waals surface area contributed by atoms with E-state index in [2.05, 4.69) is 5.32 Å². The first kappa shape index (κ1) is 14.9. The van der Waals surface area contributed by atoms with E-state index < -0.39 is 0 Å². The average Bonchev–Trinajstić information content (AvgIpc) is 2.93. The predicted molar refractivity (Wildman–Crippen MR) is 76.6 cm³/mol. The maximum absolute atomic E-state index is 5.41. The number of fused-ring (bicyclic) bond motifs is 1. The third-order valence-corrected chi connectivity index (χ3v) is 3.25. The van der Waals surface area contributed by atoms with Crippen LogP contribution in [-0.2, 0) is 11.3 Å². The molecule has 0 bridgehead atoms. The van der Waals surface area contributed by atoms with Crippen molar-refractivity contribution in [2.45, 2.75) is 25.8 Å². The lowest BCUT2D eigenvalue weighted by Gasteiger charge is -2.09. The molecule has 5 heteroatoms. The highest BCUT2D eigenvalue weighted by atomic mass is 16.7. The molecule has 0 saturated heterocycles. The molecule has 0 aliphatic carbocycles. The van der Waals surface area contributed by atoms with E-state index in [4.69, 9.17) is 18.9 Å². The summed E-state index contributed by atoms with van der Waals surface area (Å²) in [5.41, 5.74) is 1.14. The minimum Gasteiger partial charge on any atom is -0.493 e. The van der Waals surface area contributed by atoms with Crippen molar-refractivity contribution in [2.24, 2.45) is 0 Å². The number of hydrogen-bond donors (Lipinski definition) is 1. The van der Waals surface area contributed by atoms with Crippen molar-refractivity contribution in [1.29, 1.82) is 0 Å². The van der Waals surface area contributed by atoms with Crippen LogP contribution in [0.4, 0.5) is 0 Å². The molecule has 0 spiro atoms. The van der Waals surface area contributed by atoms with Gasteiger partial charge in [-0.3, -0.25) is 0 Å². The maximum atomic E-state index is 5.41. The molecule has 0 aromatic heterocycles. The number of ether oxygens (including phenoxy) is 4. The summed E-state index contributed by atoms with van der Waals surface area (Å²) in [6.45, 7) is 2.92. The molecule has 2 rings (SSSR count). The minimum absolute atomic E-state index is 0.266. The second kappa shape index (κ2) is 7.97. The first-order valence-electron chi connectivity index (χ1n) is 7.01. The molecule has 1 N–H and O–H groups in total. The molecule has 0 unspecified atom stereocenters. The molecular weight excluding hydrogens is 258 g/mol. The second-order valence-electron chi connectivity index (χ2n) is 4.76. The normalized spacial score (nSPS) is 12.7.